The largest absolute Gasteiger partial charge is 0.359 e. The summed E-state index contributed by atoms with van der Waals surface area (Å²) in [5.41, 5.74) is 0.962. The van der Waals surface area contributed by atoms with Gasteiger partial charge in [0.15, 0.2) is 5.76 Å². The molecule has 3 heterocycles. The molecule has 18 heavy (non-hydrogen) atoms. The van der Waals surface area contributed by atoms with Crippen LogP contribution < -0.4 is 0 Å². The quantitative estimate of drug-likeness (QED) is 0.792. The van der Waals surface area contributed by atoms with Gasteiger partial charge in [-0.2, -0.15) is 0 Å². The van der Waals surface area contributed by atoms with E-state index in [1.54, 1.807) is 11.8 Å². The number of thiocarbonyl (C=S) groups is 1. The van der Waals surface area contributed by atoms with Gasteiger partial charge in [-0.1, -0.05) is 29.1 Å². The first-order valence-electron chi connectivity index (χ1n) is 6.33. The number of hydrogen-bond donors (Lipinski definition) is 0. The Hall–Kier alpha value is -0.590. The molecule has 2 fully saturated rings. The summed E-state index contributed by atoms with van der Waals surface area (Å²) in [4.78, 5) is 4.75. The summed E-state index contributed by atoms with van der Waals surface area (Å²) in [5, 5.41) is 4.00. The standard InChI is InChI=1S/C12H17N3OS2/c1-9-7-11(16-13-9)10-3-2-4-14(10)8-15-5-6-18-12(15)17/h7,10H,2-6,8H2,1H3. The maximum absolute atomic E-state index is 5.42. The van der Waals surface area contributed by atoms with E-state index in [2.05, 4.69) is 21.0 Å². The van der Waals surface area contributed by atoms with Crippen molar-refractivity contribution in [3.05, 3.63) is 17.5 Å². The lowest BCUT2D eigenvalue weighted by atomic mass is 10.1. The van der Waals surface area contributed by atoms with Gasteiger partial charge in [0.05, 0.1) is 18.4 Å². The molecule has 0 saturated carbocycles. The Balaban J connectivity index is 1.69. The summed E-state index contributed by atoms with van der Waals surface area (Å²) in [5.74, 6) is 2.13. The van der Waals surface area contributed by atoms with Crippen molar-refractivity contribution in [2.75, 3.05) is 25.5 Å². The molecular formula is C12H17N3OS2. The number of nitrogens with zero attached hydrogens (tertiary/aromatic N) is 3. The van der Waals surface area contributed by atoms with E-state index in [-0.39, 0.29) is 0 Å². The third-order valence-corrected chi connectivity index (χ3v) is 5.04. The van der Waals surface area contributed by atoms with Crippen LogP contribution in [0, 0.1) is 6.92 Å². The van der Waals surface area contributed by atoms with Crippen LogP contribution in [0.2, 0.25) is 0 Å². The van der Waals surface area contributed by atoms with Gasteiger partial charge >= 0.3 is 0 Å². The van der Waals surface area contributed by atoms with Crippen molar-refractivity contribution in [3.63, 3.8) is 0 Å². The van der Waals surface area contributed by atoms with Gasteiger partial charge in [-0.25, -0.2) is 0 Å². The molecule has 1 unspecified atom stereocenters. The van der Waals surface area contributed by atoms with Crippen LogP contribution in [0.3, 0.4) is 0 Å². The highest BCUT2D eigenvalue weighted by atomic mass is 32.2. The average Bonchev–Trinajstić information content (AvgIpc) is 3.03. The van der Waals surface area contributed by atoms with Crippen molar-refractivity contribution in [1.82, 2.24) is 15.0 Å². The van der Waals surface area contributed by atoms with Gasteiger partial charge in [-0.3, -0.25) is 4.90 Å². The predicted molar refractivity (Wildman–Crippen MR) is 76.6 cm³/mol. The number of aromatic nitrogens is 1. The van der Waals surface area contributed by atoms with Crippen molar-refractivity contribution in [2.24, 2.45) is 0 Å². The fraction of sp³-hybridized carbons (Fsp3) is 0.667. The molecule has 0 N–H and O–H groups in total. The van der Waals surface area contributed by atoms with Gasteiger partial charge in [-0.05, 0) is 19.8 Å². The van der Waals surface area contributed by atoms with E-state index in [4.69, 9.17) is 16.7 Å². The summed E-state index contributed by atoms with van der Waals surface area (Å²) in [6.45, 7) is 5.09. The minimum absolute atomic E-state index is 0.375. The fourth-order valence-electron chi connectivity index (χ4n) is 2.63. The first-order valence-corrected chi connectivity index (χ1v) is 7.72. The maximum Gasteiger partial charge on any atom is 0.154 e. The number of likely N-dealkylation sites (tertiary alicyclic amines) is 1. The Labute approximate surface area is 117 Å². The molecule has 1 atom stereocenters. The third-order valence-electron chi connectivity index (χ3n) is 3.54. The van der Waals surface area contributed by atoms with Crippen molar-refractivity contribution in [1.29, 1.82) is 0 Å². The molecule has 0 aromatic carbocycles. The SMILES string of the molecule is Cc1cc(C2CCCN2CN2CCSC2=S)on1. The zero-order valence-corrected chi connectivity index (χ0v) is 12.1. The summed E-state index contributed by atoms with van der Waals surface area (Å²) in [7, 11) is 0. The van der Waals surface area contributed by atoms with Crippen molar-refractivity contribution >= 4 is 28.3 Å². The Kier molecular flexibility index (Phi) is 3.59. The lowest BCUT2D eigenvalue weighted by Gasteiger charge is -2.28. The second-order valence-corrected chi connectivity index (χ2v) is 6.59. The molecule has 2 aliphatic heterocycles. The van der Waals surface area contributed by atoms with Crippen LogP contribution in [0.5, 0.6) is 0 Å². The molecule has 0 amide bonds. The van der Waals surface area contributed by atoms with Crippen LogP contribution in [0.4, 0.5) is 0 Å². The highest BCUT2D eigenvalue weighted by Gasteiger charge is 2.31. The van der Waals surface area contributed by atoms with Crippen LogP contribution in [-0.2, 0) is 0 Å². The summed E-state index contributed by atoms with van der Waals surface area (Å²) >= 11 is 7.15. The van der Waals surface area contributed by atoms with E-state index < -0.39 is 0 Å². The lowest BCUT2D eigenvalue weighted by molar-refractivity contribution is 0.159. The van der Waals surface area contributed by atoms with Crippen LogP contribution in [0.1, 0.15) is 30.3 Å². The molecule has 3 rings (SSSR count). The van der Waals surface area contributed by atoms with E-state index in [9.17, 15) is 0 Å². The van der Waals surface area contributed by atoms with Gasteiger partial charge in [0.2, 0.25) is 0 Å². The second kappa shape index (κ2) is 5.19. The van der Waals surface area contributed by atoms with E-state index in [0.717, 1.165) is 47.7 Å². The number of thioether (sulfide) groups is 1. The Morgan fingerprint density at radius 3 is 3.11 bits per heavy atom. The van der Waals surface area contributed by atoms with Crippen molar-refractivity contribution in [3.8, 4) is 0 Å². The minimum Gasteiger partial charge on any atom is -0.359 e. The number of aryl methyl sites for hydroxylation is 1. The van der Waals surface area contributed by atoms with Gasteiger partial charge < -0.3 is 9.42 Å². The molecule has 2 aliphatic rings. The Morgan fingerprint density at radius 2 is 2.44 bits per heavy atom. The van der Waals surface area contributed by atoms with Gasteiger partial charge in [0.25, 0.3) is 0 Å². The molecule has 4 nitrogen and oxygen atoms in total. The monoisotopic (exact) mass is 283 g/mol. The van der Waals surface area contributed by atoms with Gasteiger partial charge in [0.1, 0.15) is 4.32 Å². The van der Waals surface area contributed by atoms with Crippen LogP contribution in [0.15, 0.2) is 10.6 Å². The molecule has 6 heteroatoms. The van der Waals surface area contributed by atoms with Crippen LogP contribution >= 0.6 is 24.0 Å². The molecule has 0 aliphatic carbocycles. The molecule has 2 saturated heterocycles. The normalized spacial score (nSPS) is 25.3. The zero-order chi connectivity index (χ0) is 12.5. The minimum atomic E-state index is 0.375. The third kappa shape index (κ3) is 2.41. The van der Waals surface area contributed by atoms with E-state index in [0.29, 0.717) is 6.04 Å². The van der Waals surface area contributed by atoms with E-state index >= 15 is 0 Å². The molecule has 0 radical (unpaired) electrons. The fourth-order valence-corrected chi connectivity index (χ4v) is 3.85. The topological polar surface area (TPSA) is 32.5 Å². The molecule has 0 spiro atoms. The zero-order valence-electron chi connectivity index (χ0n) is 10.5. The molecule has 1 aromatic rings. The Morgan fingerprint density at radius 1 is 1.56 bits per heavy atom. The second-order valence-electron chi connectivity index (χ2n) is 4.86. The number of rotatable bonds is 3. The summed E-state index contributed by atoms with van der Waals surface area (Å²) in [6.07, 6.45) is 2.38. The van der Waals surface area contributed by atoms with E-state index in [1.165, 1.54) is 6.42 Å². The first-order chi connectivity index (χ1) is 8.74. The van der Waals surface area contributed by atoms with Gasteiger partial charge in [0, 0.05) is 24.9 Å². The van der Waals surface area contributed by atoms with Crippen molar-refractivity contribution in [2.45, 2.75) is 25.8 Å². The molecule has 0 bridgehead atoms. The highest BCUT2D eigenvalue weighted by molar-refractivity contribution is 8.23. The van der Waals surface area contributed by atoms with E-state index in [1.807, 2.05) is 6.92 Å². The summed E-state index contributed by atoms with van der Waals surface area (Å²) < 4.78 is 6.46. The smallest absolute Gasteiger partial charge is 0.154 e. The summed E-state index contributed by atoms with van der Waals surface area (Å²) in [6, 6.07) is 2.43. The molecular weight excluding hydrogens is 266 g/mol. The first kappa shape index (κ1) is 12.4. The average molecular weight is 283 g/mol. The van der Waals surface area contributed by atoms with Gasteiger partial charge in [-0.15, -0.1) is 0 Å². The highest BCUT2D eigenvalue weighted by Crippen LogP contribution is 2.33. The molecule has 98 valence electrons. The maximum atomic E-state index is 5.42. The lowest BCUT2D eigenvalue weighted by Crippen LogP contribution is -2.37. The number of hydrogen-bond acceptors (Lipinski definition) is 5. The van der Waals surface area contributed by atoms with Crippen molar-refractivity contribution < 1.29 is 4.52 Å². The predicted octanol–water partition coefficient (Wildman–Crippen LogP) is 2.41. The Bertz CT molecular complexity index is 448. The molecule has 1 aromatic heterocycles. The van der Waals surface area contributed by atoms with Crippen LogP contribution in [0.25, 0.3) is 0 Å². The van der Waals surface area contributed by atoms with Crippen LogP contribution in [-0.4, -0.2) is 44.8 Å².